The number of rotatable bonds is 10. The van der Waals surface area contributed by atoms with Crippen LogP contribution >= 0.6 is 0 Å². The topological polar surface area (TPSA) is 9.23 Å². The van der Waals surface area contributed by atoms with E-state index in [4.69, 9.17) is 4.74 Å². The van der Waals surface area contributed by atoms with E-state index in [1.807, 2.05) is 0 Å². The zero-order chi connectivity index (χ0) is 11.2. The molecule has 0 saturated heterocycles. The molecule has 15 heavy (non-hydrogen) atoms. The van der Waals surface area contributed by atoms with Gasteiger partial charge in [-0.25, -0.2) is 0 Å². The predicted octanol–water partition coefficient (Wildman–Crippen LogP) is 4.50. The zero-order valence-corrected chi connectivity index (χ0v) is 10.4. The van der Waals surface area contributed by atoms with Crippen LogP contribution in [0.4, 0.5) is 0 Å². The monoisotopic (exact) mass is 210 g/mol. The summed E-state index contributed by atoms with van der Waals surface area (Å²) in [5, 5.41) is 0. The summed E-state index contributed by atoms with van der Waals surface area (Å²) < 4.78 is 5.55. The third-order valence-electron chi connectivity index (χ3n) is 2.29. The van der Waals surface area contributed by atoms with Gasteiger partial charge in [-0.3, -0.25) is 0 Å². The summed E-state index contributed by atoms with van der Waals surface area (Å²) in [7, 11) is 0. The van der Waals surface area contributed by atoms with E-state index in [1.165, 1.54) is 38.5 Å². The van der Waals surface area contributed by atoms with Crippen molar-refractivity contribution in [1.29, 1.82) is 0 Å². The minimum atomic E-state index is 0.932. The van der Waals surface area contributed by atoms with E-state index in [-0.39, 0.29) is 0 Å². The molecule has 0 atom stereocenters. The van der Waals surface area contributed by atoms with Crippen LogP contribution in [0.25, 0.3) is 0 Å². The molecule has 1 heteroatoms. The van der Waals surface area contributed by atoms with Crippen molar-refractivity contribution in [3.05, 3.63) is 24.3 Å². The standard InChI is InChI=1S/C14H26O/c1-3-5-7-9-11-13-15-14-12-10-8-6-4-2/h3-6H,7-14H2,1-2H3. The Morgan fingerprint density at radius 2 is 1.20 bits per heavy atom. The highest BCUT2D eigenvalue weighted by molar-refractivity contribution is 4.76. The van der Waals surface area contributed by atoms with E-state index in [0.717, 1.165) is 13.2 Å². The van der Waals surface area contributed by atoms with Crippen LogP contribution in [0.15, 0.2) is 24.3 Å². The molecule has 0 spiro atoms. The highest BCUT2D eigenvalue weighted by Crippen LogP contribution is 2.00. The summed E-state index contributed by atoms with van der Waals surface area (Å²) in [5.41, 5.74) is 0. The first-order valence-electron chi connectivity index (χ1n) is 6.22. The Hall–Kier alpha value is -0.560. The summed E-state index contributed by atoms with van der Waals surface area (Å²) in [6.45, 7) is 6.00. The summed E-state index contributed by atoms with van der Waals surface area (Å²) in [5.74, 6) is 0. The van der Waals surface area contributed by atoms with Crippen molar-refractivity contribution < 1.29 is 4.74 Å². The van der Waals surface area contributed by atoms with Gasteiger partial charge in [-0.15, -0.1) is 0 Å². The van der Waals surface area contributed by atoms with Crippen molar-refractivity contribution >= 4 is 0 Å². The van der Waals surface area contributed by atoms with Crippen LogP contribution in [-0.4, -0.2) is 13.2 Å². The first kappa shape index (κ1) is 14.4. The summed E-state index contributed by atoms with van der Waals surface area (Å²) in [6.07, 6.45) is 15.9. The maximum atomic E-state index is 5.55. The molecule has 0 bridgehead atoms. The van der Waals surface area contributed by atoms with Gasteiger partial charge in [0.15, 0.2) is 0 Å². The molecule has 0 radical (unpaired) electrons. The van der Waals surface area contributed by atoms with Gasteiger partial charge in [-0.2, -0.15) is 0 Å². The first-order valence-corrected chi connectivity index (χ1v) is 6.22. The van der Waals surface area contributed by atoms with Crippen LogP contribution in [-0.2, 0) is 4.74 Å². The van der Waals surface area contributed by atoms with Gasteiger partial charge < -0.3 is 4.74 Å². The van der Waals surface area contributed by atoms with Crippen molar-refractivity contribution in [3.8, 4) is 0 Å². The van der Waals surface area contributed by atoms with E-state index in [0.29, 0.717) is 0 Å². The first-order chi connectivity index (χ1) is 7.41. The predicted molar refractivity (Wildman–Crippen MR) is 68.1 cm³/mol. The molecule has 0 saturated carbocycles. The summed E-state index contributed by atoms with van der Waals surface area (Å²) >= 11 is 0. The number of hydrogen-bond donors (Lipinski definition) is 0. The SMILES string of the molecule is CC=CCCCCOCCCCC=CC. The van der Waals surface area contributed by atoms with Crippen LogP contribution in [0.5, 0.6) is 0 Å². The molecule has 0 amide bonds. The maximum absolute atomic E-state index is 5.55. The number of hydrogen-bond acceptors (Lipinski definition) is 1. The third-order valence-corrected chi connectivity index (χ3v) is 2.29. The molecule has 0 rings (SSSR count). The molecule has 0 aliphatic heterocycles. The van der Waals surface area contributed by atoms with Crippen LogP contribution in [0.2, 0.25) is 0 Å². The van der Waals surface area contributed by atoms with E-state index < -0.39 is 0 Å². The Morgan fingerprint density at radius 3 is 1.60 bits per heavy atom. The van der Waals surface area contributed by atoms with E-state index in [2.05, 4.69) is 38.2 Å². The van der Waals surface area contributed by atoms with Crippen LogP contribution < -0.4 is 0 Å². The Morgan fingerprint density at radius 1 is 0.733 bits per heavy atom. The molecule has 0 aliphatic rings. The molecule has 1 nitrogen and oxygen atoms in total. The van der Waals surface area contributed by atoms with E-state index in [9.17, 15) is 0 Å². The van der Waals surface area contributed by atoms with Gasteiger partial charge in [0.1, 0.15) is 0 Å². The Bertz CT molecular complexity index is 141. The Balaban J connectivity index is 2.92. The van der Waals surface area contributed by atoms with Crippen LogP contribution in [0.1, 0.15) is 52.4 Å². The Kier molecular flexibility index (Phi) is 12.9. The van der Waals surface area contributed by atoms with Crippen molar-refractivity contribution in [2.24, 2.45) is 0 Å². The fraction of sp³-hybridized carbons (Fsp3) is 0.714. The third kappa shape index (κ3) is 13.4. The molecule has 0 heterocycles. The lowest BCUT2D eigenvalue weighted by atomic mass is 10.2. The molecule has 0 aromatic heterocycles. The smallest absolute Gasteiger partial charge is 0.0466 e. The van der Waals surface area contributed by atoms with Crippen molar-refractivity contribution in [2.75, 3.05) is 13.2 Å². The quantitative estimate of drug-likeness (QED) is 0.381. The molecular formula is C14H26O. The fourth-order valence-electron chi connectivity index (χ4n) is 1.37. The van der Waals surface area contributed by atoms with Gasteiger partial charge in [0, 0.05) is 13.2 Å². The second-order valence-electron chi connectivity index (χ2n) is 3.74. The molecule has 0 aromatic carbocycles. The summed E-state index contributed by atoms with van der Waals surface area (Å²) in [4.78, 5) is 0. The van der Waals surface area contributed by atoms with Crippen molar-refractivity contribution in [1.82, 2.24) is 0 Å². The molecule has 0 unspecified atom stereocenters. The second-order valence-corrected chi connectivity index (χ2v) is 3.74. The lowest BCUT2D eigenvalue weighted by Gasteiger charge is -2.02. The van der Waals surface area contributed by atoms with Gasteiger partial charge in [-0.05, 0) is 52.4 Å². The lowest BCUT2D eigenvalue weighted by Crippen LogP contribution is -1.96. The fourth-order valence-corrected chi connectivity index (χ4v) is 1.37. The molecule has 0 aromatic rings. The molecule has 0 fully saturated rings. The van der Waals surface area contributed by atoms with Crippen molar-refractivity contribution in [2.45, 2.75) is 52.4 Å². The number of ether oxygens (including phenoxy) is 1. The average Bonchev–Trinajstić information content (AvgIpc) is 2.26. The normalized spacial score (nSPS) is 11.9. The lowest BCUT2D eigenvalue weighted by molar-refractivity contribution is 0.127. The average molecular weight is 210 g/mol. The van der Waals surface area contributed by atoms with Gasteiger partial charge in [0.2, 0.25) is 0 Å². The van der Waals surface area contributed by atoms with Crippen LogP contribution in [0.3, 0.4) is 0 Å². The molecule has 0 N–H and O–H groups in total. The van der Waals surface area contributed by atoms with E-state index >= 15 is 0 Å². The van der Waals surface area contributed by atoms with E-state index in [1.54, 1.807) is 0 Å². The van der Waals surface area contributed by atoms with Crippen molar-refractivity contribution in [3.63, 3.8) is 0 Å². The minimum absolute atomic E-state index is 0.932. The molecular weight excluding hydrogens is 184 g/mol. The minimum Gasteiger partial charge on any atom is -0.381 e. The largest absolute Gasteiger partial charge is 0.381 e. The molecule has 88 valence electrons. The summed E-state index contributed by atoms with van der Waals surface area (Å²) in [6, 6.07) is 0. The van der Waals surface area contributed by atoms with Gasteiger partial charge in [-0.1, -0.05) is 24.3 Å². The van der Waals surface area contributed by atoms with Crippen LogP contribution in [0, 0.1) is 0 Å². The van der Waals surface area contributed by atoms with Gasteiger partial charge >= 0.3 is 0 Å². The zero-order valence-electron chi connectivity index (χ0n) is 10.4. The number of unbranched alkanes of at least 4 members (excludes halogenated alkanes) is 4. The Labute approximate surface area is 95.2 Å². The highest BCUT2D eigenvalue weighted by atomic mass is 16.5. The number of allylic oxidation sites excluding steroid dienone is 4. The van der Waals surface area contributed by atoms with Gasteiger partial charge in [0.25, 0.3) is 0 Å². The maximum Gasteiger partial charge on any atom is 0.0466 e. The highest BCUT2D eigenvalue weighted by Gasteiger charge is 1.89. The molecule has 0 aliphatic carbocycles. The van der Waals surface area contributed by atoms with Gasteiger partial charge in [0.05, 0.1) is 0 Å². The second kappa shape index (κ2) is 13.4.